The van der Waals surface area contributed by atoms with Gasteiger partial charge in [-0.2, -0.15) is 14.7 Å². The summed E-state index contributed by atoms with van der Waals surface area (Å²) in [5, 5.41) is 10.8. The number of H-pyrrole nitrogens is 1. The molecule has 0 saturated heterocycles. The summed E-state index contributed by atoms with van der Waals surface area (Å²) in [6.07, 6.45) is 9.80. The summed E-state index contributed by atoms with van der Waals surface area (Å²) in [7, 11) is -3.77. The summed E-state index contributed by atoms with van der Waals surface area (Å²) >= 11 is 0. The van der Waals surface area contributed by atoms with Crippen molar-refractivity contribution in [3.8, 4) is 22.4 Å². The van der Waals surface area contributed by atoms with Gasteiger partial charge in [0, 0.05) is 41.4 Å². The highest BCUT2D eigenvalue weighted by Crippen LogP contribution is 2.31. The smallest absolute Gasteiger partial charge is 0.263 e. The molecule has 0 unspecified atom stereocenters. The third kappa shape index (κ3) is 5.46. The molecule has 216 valence electrons. The number of benzene rings is 1. The van der Waals surface area contributed by atoms with Crippen LogP contribution >= 0.6 is 0 Å². The van der Waals surface area contributed by atoms with Crippen molar-refractivity contribution < 1.29 is 13.2 Å². The highest BCUT2D eigenvalue weighted by Gasteiger charge is 2.27. The quantitative estimate of drug-likeness (QED) is 0.232. The highest BCUT2D eigenvalue weighted by atomic mass is 32.2. The van der Waals surface area contributed by atoms with E-state index in [-0.39, 0.29) is 40.5 Å². The lowest BCUT2D eigenvalue weighted by Gasteiger charge is -2.26. The number of aromatic amines is 1. The first-order valence-electron chi connectivity index (χ1n) is 13.2. The number of nitrogens with one attached hydrogen (secondary N) is 1. The molecule has 5 aromatic rings. The van der Waals surface area contributed by atoms with Crippen LogP contribution in [0.3, 0.4) is 0 Å². The van der Waals surface area contributed by atoms with Gasteiger partial charge in [0.1, 0.15) is 22.1 Å². The number of nitrogens with two attached hydrogens (primary N) is 2. The Bertz CT molecular complexity index is 1880. The van der Waals surface area contributed by atoms with Crippen molar-refractivity contribution in [2.24, 2.45) is 0 Å². The molecule has 1 amide bonds. The van der Waals surface area contributed by atoms with Gasteiger partial charge in [-0.3, -0.25) is 14.9 Å². The Hall–Kier alpha value is -5.04. The van der Waals surface area contributed by atoms with Crippen LogP contribution < -0.4 is 11.5 Å². The Kier molecular flexibility index (Phi) is 7.77. The van der Waals surface area contributed by atoms with Crippen molar-refractivity contribution in [2.75, 3.05) is 17.7 Å². The van der Waals surface area contributed by atoms with E-state index in [1.807, 2.05) is 49.4 Å². The fraction of sp³-hybridized carbons (Fsp3) is 0.207. The summed E-state index contributed by atoms with van der Waals surface area (Å²) in [6.45, 7) is 3.66. The monoisotopic (exact) mass is 585 g/mol. The molecule has 13 heteroatoms. The van der Waals surface area contributed by atoms with E-state index in [0.29, 0.717) is 23.3 Å². The van der Waals surface area contributed by atoms with Crippen LogP contribution in [0, 0.1) is 0 Å². The maximum absolute atomic E-state index is 13.2. The molecule has 4 aromatic heterocycles. The molecular formula is C29H31N9O3S. The van der Waals surface area contributed by atoms with Gasteiger partial charge in [0.2, 0.25) is 0 Å². The lowest BCUT2D eigenvalue weighted by molar-refractivity contribution is 0.0773. The van der Waals surface area contributed by atoms with Crippen LogP contribution in [-0.2, 0) is 16.3 Å². The summed E-state index contributed by atoms with van der Waals surface area (Å²) in [5.41, 5.74) is 16.4. The lowest BCUT2D eigenvalue weighted by Crippen LogP contribution is -2.35. The van der Waals surface area contributed by atoms with Gasteiger partial charge in [-0.05, 0) is 32.8 Å². The number of allylic oxidation sites excluding steroid dienone is 1. The zero-order chi connectivity index (χ0) is 30.0. The van der Waals surface area contributed by atoms with Crippen molar-refractivity contribution >= 4 is 33.0 Å². The van der Waals surface area contributed by atoms with Gasteiger partial charge in [-0.1, -0.05) is 42.5 Å². The van der Waals surface area contributed by atoms with E-state index < -0.39 is 9.84 Å². The molecule has 42 heavy (non-hydrogen) atoms. The number of sulfone groups is 1. The topological polar surface area (TPSA) is 178 Å². The number of hydrogen-bond donors (Lipinski definition) is 3. The van der Waals surface area contributed by atoms with Crippen LogP contribution in [-0.4, -0.2) is 61.3 Å². The van der Waals surface area contributed by atoms with Crippen molar-refractivity contribution in [3.05, 3.63) is 84.6 Å². The van der Waals surface area contributed by atoms with Crippen molar-refractivity contribution in [2.45, 2.75) is 37.6 Å². The van der Waals surface area contributed by atoms with Gasteiger partial charge in [0.15, 0.2) is 15.5 Å². The molecule has 0 radical (unpaired) electrons. The molecule has 0 spiro atoms. The van der Waals surface area contributed by atoms with E-state index in [4.69, 9.17) is 16.5 Å². The van der Waals surface area contributed by atoms with Gasteiger partial charge >= 0.3 is 0 Å². The van der Waals surface area contributed by atoms with Crippen LogP contribution in [0.5, 0.6) is 0 Å². The average Bonchev–Trinajstić information content (AvgIpc) is 3.60. The number of carbonyl (C=O) groups is 1. The molecule has 1 aromatic carbocycles. The van der Waals surface area contributed by atoms with E-state index >= 15 is 0 Å². The number of hydrogen-bond acceptors (Lipinski definition) is 9. The number of pyridine rings is 1. The van der Waals surface area contributed by atoms with Gasteiger partial charge in [-0.25, -0.2) is 13.4 Å². The summed E-state index contributed by atoms with van der Waals surface area (Å²) in [6, 6.07) is 13.3. The normalized spacial score (nSPS) is 12.6. The fourth-order valence-electron chi connectivity index (χ4n) is 4.82. The second kappa shape index (κ2) is 11.4. The Labute approximate surface area is 243 Å². The maximum Gasteiger partial charge on any atom is 0.263 e. The number of nitrogen functional groups attached to an aromatic ring is 2. The number of fused-ring (bicyclic) bond motifs is 1. The van der Waals surface area contributed by atoms with Gasteiger partial charge in [0.05, 0.1) is 23.8 Å². The summed E-state index contributed by atoms with van der Waals surface area (Å²) < 4.78 is 27.1. The summed E-state index contributed by atoms with van der Waals surface area (Å²) in [5.74, 6) is -0.194. The number of amides is 1. The Morgan fingerprint density at radius 1 is 1.10 bits per heavy atom. The molecule has 0 saturated carbocycles. The Morgan fingerprint density at radius 2 is 1.86 bits per heavy atom. The first-order chi connectivity index (χ1) is 20.1. The largest absolute Gasteiger partial charge is 0.383 e. The van der Waals surface area contributed by atoms with E-state index in [9.17, 15) is 13.2 Å². The van der Waals surface area contributed by atoms with E-state index in [1.54, 1.807) is 31.6 Å². The average molecular weight is 586 g/mol. The number of aromatic nitrogens is 6. The molecule has 0 aliphatic carbocycles. The molecular weight excluding hydrogens is 554 g/mol. The third-order valence-corrected chi connectivity index (χ3v) is 8.13. The number of aryl methyl sites for hydroxylation is 1. The molecule has 0 bridgehead atoms. The Morgan fingerprint density at radius 3 is 2.48 bits per heavy atom. The number of anilines is 2. The number of nitrogens with zero attached hydrogens (tertiary/aromatic N) is 6. The summed E-state index contributed by atoms with van der Waals surface area (Å²) in [4.78, 5) is 24.0. The zero-order valence-corrected chi connectivity index (χ0v) is 24.2. The van der Waals surface area contributed by atoms with Crippen LogP contribution in [0.2, 0.25) is 0 Å². The van der Waals surface area contributed by atoms with Crippen LogP contribution in [0.15, 0.2) is 78.2 Å². The highest BCUT2D eigenvalue weighted by molar-refractivity contribution is 7.91. The molecule has 1 atom stereocenters. The SMILES string of the molecule is C/C=C\N(C(=O)c1cn[nH]c1N)[C@H](C)CCc1nc2c(-c3ccc(-c4ccccc4)nc3)cnn2c(N)c1S(C)(=O)=O. The minimum absolute atomic E-state index is 0.0298. The lowest BCUT2D eigenvalue weighted by atomic mass is 10.1. The predicted molar refractivity (Wildman–Crippen MR) is 161 cm³/mol. The minimum Gasteiger partial charge on any atom is -0.383 e. The van der Waals surface area contributed by atoms with Gasteiger partial charge in [-0.15, -0.1) is 0 Å². The van der Waals surface area contributed by atoms with Crippen molar-refractivity contribution in [3.63, 3.8) is 0 Å². The maximum atomic E-state index is 13.2. The standard InChI is InChI=1S/C29H31N9O3S/c1-4-14-37(29(39)22-16-33-36-26(22)30)18(2)10-12-24-25(42(3,40)41)27(31)38-28(35-24)21(17-34-38)20-11-13-23(32-15-20)19-8-6-5-7-9-19/h4-9,11,13-18H,10,12,31H2,1-3H3,(H3,30,33,36)/b14-4-/t18-/m1/s1. The molecule has 0 aliphatic heterocycles. The van der Waals surface area contributed by atoms with E-state index in [2.05, 4.69) is 20.3 Å². The van der Waals surface area contributed by atoms with E-state index in [1.165, 1.54) is 15.6 Å². The predicted octanol–water partition coefficient (Wildman–Crippen LogP) is 3.75. The molecule has 0 aliphatic rings. The fourth-order valence-corrected chi connectivity index (χ4v) is 5.87. The zero-order valence-electron chi connectivity index (χ0n) is 23.4. The molecule has 4 heterocycles. The molecule has 0 fully saturated rings. The van der Waals surface area contributed by atoms with Gasteiger partial charge < -0.3 is 16.4 Å². The first kappa shape index (κ1) is 28.5. The number of rotatable bonds is 9. The Balaban J connectivity index is 1.50. The molecule has 5 rings (SSSR count). The third-order valence-electron chi connectivity index (χ3n) is 6.94. The van der Waals surface area contributed by atoms with Gasteiger partial charge in [0.25, 0.3) is 5.91 Å². The van der Waals surface area contributed by atoms with Crippen LogP contribution in [0.25, 0.3) is 28.0 Å². The van der Waals surface area contributed by atoms with Crippen molar-refractivity contribution in [1.29, 1.82) is 0 Å². The molecule has 5 N–H and O–H groups in total. The second-order valence-electron chi connectivity index (χ2n) is 9.92. The second-order valence-corrected chi connectivity index (χ2v) is 11.9. The van der Waals surface area contributed by atoms with Crippen LogP contribution in [0.1, 0.15) is 36.3 Å². The number of carbonyl (C=O) groups excluding carboxylic acids is 1. The first-order valence-corrected chi connectivity index (χ1v) is 15.1. The molecule has 12 nitrogen and oxygen atoms in total. The van der Waals surface area contributed by atoms with Crippen molar-refractivity contribution in [1.82, 2.24) is 34.7 Å². The minimum atomic E-state index is -3.77. The van der Waals surface area contributed by atoms with Crippen LogP contribution in [0.4, 0.5) is 11.6 Å². The van der Waals surface area contributed by atoms with E-state index in [0.717, 1.165) is 23.1 Å².